The number of aromatic nitrogens is 2. The van der Waals surface area contributed by atoms with Gasteiger partial charge in [-0.2, -0.15) is 5.10 Å². The van der Waals surface area contributed by atoms with Gasteiger partial charge in [-0.15, -0.1) is 0 Å². The van der Waals surface area contributed by atoms with E-state index in [2.05, 4.69) is 22.5 Å². The molecule has 2 aromatic rings. The van der Waals surface area contributed by atoms with Gasteiger partial charge >= 0.3 is 5.97 Å². The molecule has 0 amide bonds. The fraction of sp³-hybridized carbons (Fsp3) is 0.462. The number of rotatable bonds is 5. The van der Waals surface area contributed by atoms with E-state index in [1.165, 1.54) is 55.8 Å². The van der Waals surface area contributed by atoms with Crippen LogP contribution in [-0.4, -0.2) is 34.0 Å². The highest BCUT2D eigenvalue weighted by atomic mass is 16.4. The monoisotopic (exact) mass is 442 g/mol. The van der Waals surface area contributed by atoms with Crippen LogP contribution in [-0.2, 0) is 0 Å². The normalized spacial score (nSPS) is 21.5. The van der Waals surface area contributed by atoms with Crippen molar-refractivity contribution in [2.75, 3.05) is 0 Å². The molecule has 6 nitrogen and oxygen atoms in total. The lowest BCUT2D eigenvalue weighted by molar-refractivity contribution is 0.0696. The Balaban J connectivity index is 1.42. The van der Waals surface area contributed by atoms with Gasteiger partial charge in [0.15, 0.2) is 7.28 Å². The molecule has 170 valence electrons. The molecule has 0 radical (unpaired) electrons. The van der Waals surface area contributed by atoms with E-state index in [0.717, 1.165) is 61.6 Å². The molecule has 0 aromatic carbocycles. The summed E-state index contributed by atoms with van der Waals surface area (Å²) >= 11 is 0. The smallest absolute Gasteiger partial charge is 0.337 e. The fourth-order valence-electron chi connectivity index (χ4n) is 5.60. The van der Waals surface area contributed by atoms with Crippen molar-refractivity contribution in [3.05, 3.63) is 59.2 Å². The third-order valence-electron chi connectivity index (χ3n) is 7.40. The third-order valence-corrected chi connectivity index (χ3v) is 7.40. The van der Waals surface area contributed by atoms with Gasteiger partial charge in [-0.25, -0.2) is 4.79 Å². The van der Waals surface area contributed by atoms with Gasteiger partial charge in [-0.1, -0.05) is 62.3 Å². The summed E-state index contributed by atoms with van der Waals surface area (Å²) in [6, 6.07) is 7.77. The second kappa shape index (κ2) is 9.90. The zero-order valence-electron chi connectivity index (χ0n) is 19.1. The number of nitrogens with zero attached hydrogens (tertiary/aromatic N) is 3. The number of hydrogen-bond acceptors (Lipinski definition) is 5. The summed E-state index contributed by atoms with van der Waals surface area (Å²) in [6.45, 7) is 0. The Labute approximate surface area is 195 Å². The maximum atomic E-state index is 11.2. The van der Waals surface area contributed by atoms with Crippen molar-refractivity contribution in [3.63, 3.8) is 0 Å². The average Bonchev–Trinajstić information content (AvgIpc) is 3.33. The van der Waals surface area contributed by atoms with Crippen LogP contribution < -0.4 is 10.9 Å². The molecule has 2 fully saturated rings. The number of carboxylic acid groups (broad SMARTS) is 1. The van der Waals surface area contributed by atoms with Crippen molar-refractivity contribution in [3.8, 4) is 0 Å². The molecule has 7 heteroatoms. The Morgan fingerprint density at radius 2 is 1.67 bits per heavy atom. The number of fused-ring (bicyclic) bond motifs is 1. The molecule has 3 aliphatic rings. The number of carbonyl (C=O) groups is 1. The topological polar surface area (TPSA) is 87.5 Å². The van der Waals surface area contributed by atoms with Crippen LogP contribution in [0.1, 0.15) is 86.0 Å². The first-order valence-electron chi connectivity index (χ1n) is 12.4. The first kappa shape index (κ1) is 21.9. The zero-order valence-corrected chi connectivity index (χ0v) is 19.1. The highest BCUT2D eigenvalue weighted by Gasteiger charge is 2.31. The number of hydrogen-bond donors (Lipinski definition) is 2. The first-order chi connectivity index (χ1) is 16.2. The Bertz CT molecular complexity index is 1060. The maximum Gasteiger partial charge on any atom is 0.337 e. The predicted molar refractivity (Wildman–Crippen MR) is 132 cm³/mol. The predicted octanol–water partition coefficient (Wildman–Crippen LogP) is 4.29. The lowest BCUT2D eigenvalue weighted by Crippen LogP contribution is -2.30. The molecule has 33 heavy (non-hydrogen) atoms. The minimum Gasteiger partial charge on any atom is -0.478 e. The Morgan fingerprint density at radius 3 is 2.39 bits per heavy atom. The molecule has 2 aromatic heterocycles. The molecule has 0 bridgehead atoms. The molecule has 1 aliphatic heterocycles. The third kappa shape index (κ3) is 4.87. The van der Waals surface area contributed by atoms with E-state index in [4.69, 9.17) is 10.1 Å². The quantitative estimate of drug-likeness (QED) is 0.675. The summed E-state index contributed by atoms with van der Waals surface area (Å²) < 4.78 is 0. The summed E-state index contributed by atoms with van der Waals surface area (Å²) in [5.41, 5.74) is 9.85. The number of allylic oxidation sites excluding steroid dienone is 1. The van der Waals surface area contributed by atoms with Crippen LogP contribution in [0.25, 0.3) is 5.70 Å². The van der Waals surface area contributed by atoms with Crippen LogP contribution in [0.2, 0.25) is 5.82 Å². The molecule has 1 atom stereocenters. The van der Waals surface area contributed by atoms with E-state index in [-0.39, 0.29) is 11.5 Å². The van der Waals surface area contributed by atoms with Crippen molar-refractivity contribution in [2.24, 2.45) is 11.0 Å². The van der Waals surface area contributed by atoms with Gasteiger partial charge in [0.05, 0.1) is 28.4 Å². The van der Waals surface area contributed by atoms with Crippen molar-refractivity contribution in [1.29, 1.82) is 0 Å². The lowest BCUT2D eigenvalue weighted by Gasteiger charge is -2.30. The SMILES string of the molecule is O=C(O)c1ccc(C2=NNC(c3ccc(BC4CCCC4)cn3)=C3CCCCCCC23)nc1. The molecule has 0 spiro atoms. The van der Waals surface area contributed by atoms with Crippen LogP contribution in [0.15, 0.2) is 47.3 Å². The highest BCUT2D eigenvalue weighted by Crippen LogP contribution is 2.36. The fourth-order valence-corrected chi connectivity index (χ4v) is 5.60. The summed E-state index contributed by atoms with van der Waals surface area (Å²) in [4.78, 5) is 20.5. The van der Waals surface area contributed by atoms with E-state index in [1.807, 2.05) is 6.20 Å². The van der Waals surface area contributed by atoms with Gasteiger partial charge in [0, 0.05) is 18.3 Å². The number of nitrogens with one attached hydrogen (secondary N) is 1. The molecule has 5 rings (SSSR count). The summed E-state index contributed by atoms with van der Waals surface area (Å²) in [7, 11) is 1.13. The van der Waals surface area contributed by atoms with Crippen LogP contribution >= 0.6 is 0 Å². The molecular weight excluding hydrogens is 411 g/mol. The number of aromatic carboxylic acids is 1. The molecule has 1 unspecified atom stereocenters. The van der Waals surface area contributed by atoms with E-state index >= 15 is 0 Å². The van der Waals surface area contributed by atoms with Gasteiger partial charge in [0.2, 0.25) is 0 Å². The Morgan fingerprint density at radius 1 is 0.909 bits per heavy atom. The molecule has 3 heterocycles. The van der Waals surface area contributed by atoms with Crippen LogP contribution in [0.4, 0.5) is 0 Å². The lowest BCUT2D eigenvalue weighted by atomic mass is 9.59. The van der Waals surface area contributed by atoms with Crippen LogP contribution in [0.5, 0.6) is 0 Å². The number of pyridine rings is 2. The van der Waals surface area contributed by atoms with E-state index in [9.17, 15) is 9.90 Å². The molecular formula is C26H31BN4O2. The number of hydrazone groups is 1. The van der Waals surface area contributed by atoms with Crippen molar-refractivity contribution < 1.29 is 9.90 Å². The van der Waals surface area contributed by atoms with Gasteiger partial charge < -0.3 is 5.11 Å². The van der Waals surface area contributed by atoms with Gasteiger partial charge in [-0.3, -0.25) is 15.4 Å². The minimum absolute atomic E-state index is 0.185. The Kier molecular flexibility index (Phi) is 6.56. The molecule has 2 saturated carbocycles. The Hall–Kier alpha value is -2.96. The zero-order chi connectivity index (χ0) is 22.6. The van der Waals surface area contributed by atoms with Crippen LogP contribution in [0, 0.1) is 5.92 Å². The van der Waals surface area contributed by atoms with Crippen molar-refractivity contribution in [2.45, 2.75) is 70.0 Å². The first-order valence-corrected chi connectivity index (χ1v) is 12.4. The van der Waals surface area contributed by atoms with Gasteiger partial charge in [0.1, 0.15) is 0 Å². The second-order valence-electron chi connectivity index (χ2n) is 9.66. The van der Waals surface area contributed by atoms with Gasteiger partial charge in [0.25, 0.3) is 0 Å². The average molecular weight is 442 g/mol. The highest BCUT2D eigenvalue weighted by molar-refractivity contribution is 6.54. The standard InChI is InChI=1S/C26H31BN4O2/c32-26(33)17-11-13-22(28-15-17)24-20-9-3-1-2-4-10-21(20)25(31-30-24)23-14-12-19(16-29-23)27-18-7-5-6-8-18/h11-16,18,20,27,31H,1-10H2,(H,32,33). The molecule has 2 N–H and O–H groups in total. The van der Waals surface area contributed by atoms with E-state index < -0.39 is 5.97 Å². The van der Waals surface area contributed by atoms with Crippen molar-refractivity contribution in [1.82, 2.24) is 15.4 Å². The maximum absolute atomic E-state index is 11.2. The molecule has 0 saturated heterocycles. The van der Waals surface area contributed by atoms with E-state index in [1.54, 1.807) is 12.1 Å². The van der Waals surface area contributed by atoms with E-state index in [0.29, 0.717) is 0 Å². The largest absolute Gasteiger partial charge is 0.478 e. The summed E-state index contributed by atoms with van der Waals surface area (Å²) in [6.07, 6.45) is 15.7. The number of carboxylic acids is 1. The molecule has 2 aliphatic carbocycles. The van der Waals surface area contributed by atoms with Crippen molar-refractivity contribution >= 4 is 30.1 Å². The van der Waals surface area contributed by atoms with Crippen LogP contribution in [0.3, 0.4) is 0 Å². The minimum atomic E-state index is -0.964. The second-order valence-corrected chi connectivity index (χ2v) is 9.66. The van der Waals surface area contributed by atoms with Gasteiger partial charge in [-0.05, 0) is 43.0 Å². The summed E-state index contributed by atoms with van der Waals surface area (Å²) in [5, 5.41) is 14.0. The summed E-state index contributed by atoms with van der Waals surface area (Å²) in [5.74, 6) is 0.0355.